The minimum absolute atomic E-state index is 0.150. The smallest absolute Gasteiger partial charge is 0.309 e. The highest BCUT2D eigenvalue weighted by molar-refractivity contribution is 9.10. The van der Waals surface area contributed by atoms with Gasteiger partial charge >= 0.3 is 6.18 Å². The minimum atomic E-state index is -4.35. The van der Waals surface area contributed by atoms with Gasteiger partial charge in [0.25, 0.3) is 0 Å². The lowest BCUT2D eigenvalue weighted by molar-refractivity contribution is -0.138. The summed E-state index contributed by atoms with van der Waals surface area (Å²) in [4.78, 5) is 3.95. The number of pyridine rings is 1. The molecule has 1 aromatic carbocycles. The van der Waals surface area contributed by atoms with E-state index in [1.807, 2.05) is 6.07 Å². The van der Waals surface area contributed by atoms with Gasteiger partial charge in [-0.15, -0.1) is 0 Å². The maximum absolute atomic E-state index is 12.9. The van der Waals surface area contributed by atoms with Crippen LogP contribution in [0.5, 0.6) is 0 Å². The van der Waals surface area contributed by atoms with Crippen molar-refractivity contribution < 1.29 is 13.2 Å². The van der Waals surface area contributed by atoms with Gasteiger partial charge in [0.2, 0.25) is 0 Å². The van der Waals surface area contributed by atoms with Crippen molar-refractivity contribution in [3.05, 3.63) is 63.9 Å². The van der Waals surface area contributed by atoms with Crippen molar-refractivity contribution in [2.24, 2.45) is 0 Å². The standard InChI is InChI=1S/C14H12BrF3N2/c15-12-4-3-11(13(6-12)14(16,17)18)9-20-8-10-2-1-5-19-7-10/h1-7,20H,8-9H2. The van der Waals surface area contributed by atoms with E-state index >= 15 is 0 Å². The Bertz CT molecular complexity index is 570. The first kappa shape index (κ1) is 15.0. The van der Waals surface area contributed by atoms with Crippen LogP contribution < -0.4 is 5.32 Å². The molecule has 0 spiro atoms. The molecule has 1 aromatic heterocycles. The van der Waals surface area contributed by atoms with Crippen LogP contribution in [0.2, 0.25) is 0 Å². The van der Waals surface area contributed by atoms with Crippen molar-refractivity contribution in [3.8, 4) is 0 Å². The number of nitrogens with one attached hydrogen (secondary N) is 1. The molecule has 0 fully saturated rings. The first-order chi connectivity index (χ1) is 9.47. The molecule has 0 amide bonds. The molecule has 2 nitrogen and oxygen atoms in total. The summed E-state index contributed by atoms with van der Waals surface area (Å²) in [6.07, 6.45) is -1.02. The number of benzene rings is 1. The Morgan fingerprint density at radius 2 is 1.95 bits per heavy atom. The molecule has 2 aromatic rings. The van der Waals surface area contributed by atoms with Gasteiger partial charge in [0.1, 0.15) is 0 Å². The van der Waals surface area contributed by atoms with E-state index < -0.39 is 11.7 Å². The van der Waals surface area contributed by atoms with Crippen molar-refractivity contribution in [1.29, 1.82) is 0 Å². The molecule has 20 heavy (non-hydrogen) atoms. The average Bonchev–Trinajstić information content (AvgIpc) is 2.40. The van der Waals surface area contributed by atoms with Crippen LogP contribution in [0.3, 0.4) is 0 Å². The number of aromatic nitrogens is 1. The zero-order valence-electron chi connectivity index (χ0n) is 10.4. The predicted molar refractivity (Wildman–Crippen MR) is 73.9 cm³/mol. The van der Waals surface area contributed by atoms with E-state index in [0.717, 1.165) is 11.6 Å². The number of alkyl halides is 3. The van der Waals surface area contributed by atoms with Crippen molar-refractivity contribution in [2.45, 2.75) is 19.3 Å². The first-order valence-electron chi connectivity index (χ1n) is 5.92. The maximum Gasteiger partial charge on any atom is 0.416 e. The highest BCUT2D eigenvalue weighted by Crippen LogP contribution is 2.33. The number of nitrogens with zero attached hydrogens (tertiary/aromatic N) is 1. The van der Waals surface area contributed by atoms with Crippen molar-refractivity contribution in [3.63, 3.8) is 0 Å². The Morgan fingerprint density at radius 1 is 1.15 bits per heavy atom. The second-order valence-electron chi connectivity index (χ2n) is 4.26. The number of halogens is 4. The molecule has 0 aliphatic carbocycles. The fourth-order valence-electron chi connectivity index (χ4n) is 1.81. The summed E-state index contributed by atoms with van der Waals surface area (Å²) in [5, 5.41) is 2.99. The molecule has 0 bridgehead atoms. The lowest BCUT2D eigenvalue weighted by Gasteiger charge is -2.14. The van der Waals surface area contributed by atoms with E-state index in [1.54, 1.807) is 24.5 Å². The lowest BCUT2D eigenvalue weighted by atomic mass is 10.1. The molecular weight excluding hydrogens is 333 g/mol. The summed E-state index contributed by atoms with van der Waals surface area (Å²) in [5.41, 5.74) is 0.535. The topological polar surface area (TPSA) is 24.9 Å². The van der Waals surface area contributed by atoms with Crippen LogP contribution in [0, 0.1) is 0 Å². The molecule has 0 saturated heterocycles. The molecule has 0 unspecified atom stereocenters. The van der Waals surface area contributed by atoms with Gasteiger partial charge in [-0.2, -0.15) is 13.2 Å². The Balaban J connectivity index is 2.06. The van der Waals surface area contributed by atoms with Gasteiger partial charge in [-0.05, 0) is 29.3 Å². The third-order valence-corrected chi connectivity index (χ3v) is 3.24. The van der Waals surface area contributed by atoms with Crippen LogP contribution in [0.1, 0.15) is 16.7 Å². The van der Waals surface area contributed by atoms with Gasteiger partial charge in [-0.25, -0.2) is 0 Å². The molecule has 106 valence electrons. The van der Waals surface area contributed by atoms with Gasteiger partial charge in [0.05, 0.1) is 5.56 Å². The number of hydrogen-bond donors (Lipinski definition) is 1. The summed E-state index contributed by atoms with van der Waals surface area (Å²) < 4.78 is 39.2. The molecule has 2 rings (SSSR count). The van der Waals surface area contributed by atoms with Gasteiger partial charge in [-0.3, -0.25) is 4.98 Å². The van der Waals surface area contributed by atoms with Crippen LogP contribution in [0.4, 0.5) is 13.2 Å². The molecule has 0 atom stereocenters. The lowest BCUT2D eigenvalue weighted by Crippen LogP contribution is -2.17. The van der Waals surface area contributed by atoms with E-state index in [-0.39, 0.29) is 12.1 Å². The highest BCUT2D eigenvalue weighted by atomic mass is 79.9. The average molecular weight is 345 g/mol. The number of hydrogen-bond acceptors (Lipinski definition) is 2. The quantitative estimate of drug-likeness (QED) is 0.900. The Labute approximate surface area is 123 Å². The van der Waals surface area contributed by atoms with E-state index in [2.05, 4.69) is 26.2 Å². The Morgan fingerprint density at radius 3 is 2.60 bits per heavy atom. The normalized spacial score (nSPS) is 11.6. The third kappa shape index (κ3) is 4.05. The monoisotopic (exact) mass is 344 g/mol. The summed E-state index contributed by atoms with van der Waals surface area (Å²) in [6.45, 7) is 0.623. The zero-order chi connectivity index (χ0) is 14.6. The second-order valence-corrected chi connectivity index (χ2v) is 5.18. The molecule has 0 aliphatic rings. The van der Waals surface area contributed by atoms with Crippen LogP contribution >= 0.6 is 15.9 Å². The summed E-state index contributed by atoms with van der Waals surface area (Å²) in [7, 11) is 0. The van der Waals surface area contributed by atoms with Crippen molar-refractivity contribution in [2.75, 3.05) is 0 Å². The Hall–Kier alpha value is -1.40. The fraction of sp³-hybridized carbons (Fsp3) is 0.214. The van der Waals surface area contributed by atoms with Crippen molar-refractivity contribution in [1.82, 2.24) is 10.3 Å². The molecule has 1 N–H and O–H groups in total. The van der Waals surface area contributed by atoms with Crippen LogP contribution in [-0.4, -0.2) is 4.98 Å². The van der Waals surface area contributed by atoms with E-state index in [1.165, 1.54) is 6.07 Å². The molecule has 0 aliphatic heterocycles. The maximum atomic E-state index is 12.9. The van der Waals surface area contributed by atoms with Gasteiger partial charge < -0.3 is 5.32 Å². The van der Waals surface area contributed by atoms with E-state index in [9.17, 15) is 13.2 Å². The molecular formula is C14H12BrF3N2. The third-order valence-electron chi connectivity index (χ3n) is 2.74. The van der Waals surface area contributed by atoms with Crippen LogP contribution in [-0.2, 0) is 19.3 Å². The van der Waals surface area contributed by atoms with E-state index in [0.29, 0.717) is 11.0 Å². The molecule has 0 radical (unpaired) electrons. The van der Waals surface area contributed by atoms with Gasteiger partial charge in [0, 0.05) is 30.0 Å². The summed E-state index contributed by atoms with van der Waals surface area (Å²) >= 11 is 3.06. The first-order valence-corrected chi connectivity index (χ1v) is 6.71. The van der Waals surface area contributed by atoms with E-state index in [4.69, 9.17) is 0 Å². The highest BCUT2D eigenvalue weighted by Gasteiger charge is 2.33. The molecule has 6 heteroatoms. The molecule has 1 heterocycles. The van der Waals surface area contributed by atoms with Gasteiger partial charge in [-0.1, -0.05) is 28.1 Å². The number of rotatable bonds is 4. The molecule has 0 saturated carbocycles. The predicted octanol–water partition coefficient (Wildman–Crippen LogP) is 4.15. The van der Waals surface area contributed by atoms with Crippen LogP contribution in [0.25, 0.3) is 0 Å². The zero-order valence-corrected chi connectivity index (χ0v) is 12.0. The fourth-order valence-corrected chi connectivity index (χ4v) is 2.17. The summed E-state index contributed by atoms with van der Waals surface area (Å²) in [6, 6.07) is 7.84. The van der Waals surface area contributed by atoms with Crippen LogP contribution in [0.15, 0.2) is 47.2 Å². The SMILES string of the molecule is FC(F)(F)c1cc(Br)ccc1CNCc1cccnc1. The second kappa shape index (κ2) is 6.37. The Kier molecular flexibility index (Phi) is 4.77. The largest absolute Gasteiger partial charge is 0.416 e. The summed E-state index contributed by atoms with van der Waals surface area (Å²) in [5.74, 6) is 0. The van der Waals surface area contributed by atoms with Crippen molar-refractivity contribution >= 4 is 15.9 Å². The minimum Gasteiger partial charge on any atom is -0.309 e. The van der Waals surface area contributed by atoms with Gasteiger partial charge in [0.15, 0.2) is 0 Å².